The summed E-state index contributed by atoms with van der Waals surface area (Å²) in [6.07, 6.45) is 9.14. The van der Waals surface area contributed by atoms with Gasteiger partial charge in [0.1, 0.15) is 26.1 Å². The minimum atomic E-state index is -0.0532. The van der Waals surface area contributed by atoms with Crippen molar-refractivity contribution < 1.29 is 265 Å². The van der Waals surface area contributed by atoms with E-state index in [9.17, 15) is 0 Å². The average molecular weight is 1150 g/mol. The van der Waals surface area contributed by atoms with Crippen LogP contribution in [0.1, 0.15) is 0 Å². The Morgan fingerprint density at radius 2 is 0.521 bits per heavy atom. The first-order chi connectivity index (χ1) is 36.2. The van der Waals surface area contributed by atoms with Crippen molar-refractivity contribution in [2.75, 3.05) is 26.4 Å². The Bertz CT molecular complexity index is 1430. The molecule has 0 radical (unpaired) electrons. The fourth-order valence-electron chi connectivity index (χ4n) is 2.43. The Balaban J connectivity index is 1.10. The number of nitrogens with zero attached hydrogens (tertiary/aromatic N) is 2. The van der Waals surface area contributed by atoms with Crippen LogP contribution in [-0.4, -0.2) is 26.4 Å². The van der Waals surface area contributed by atoms with Gasteiger partial charge in [-0.3, -0.25) is 0 Å². The molecule has 0 N–H and O–H groups in total. The van der Waals surface area contributed by atoms with Gasteiger partial charge in [0.2, 0.25) is 0 Å². The molecule has 0 aliphatic heterocycles. The van der Waals surface area contributed by atoms with Crippen molar-refractivity contribution in [2.24, 2.45) is 0 Å². The molecule has 0 spiro atoms. The molecule has 0 atom stereocenters. The van der Waals surface area contributed by atoms with Crippen molar-refractivity contribution in [3.63, 3.8) is 0 Å². The predicted octanol–water partition coefficient (Wildman–Crippen LogP) is -0.494. The third kappa shape index (κ3) is 48.9. The largest absolute Gasteiger partial charge is 0.491 e. The Hall–Kier alpha value is -3.74. The van der Waals surface area contributed by atoms with Crippen LogP contribution in [-0.2, 0) is 269 Å². The third-order valence-corrected chi connectivity index (χ3v) is 5.05. The first-order valence-corrected chi connectivity index (χ1v) is 16.7. The first-order valence-electron chi connectivity index (χ1n) is 16.0. The molecule has 0 amide bonds. The summed E-state index contributed by atoms with van der Waals surface area (Å²) in [5, 5.41) is 171. The SMILES string of the molecule is Clc1cc[n+](CCO/C=C/OOOOOOOOOOOOOOOOOOOOOOOOOOOOOOOOOOOOOOOOOOOOOOOOOCCOCC[n+]2ccc(Cl)cc2)cc1. The maximum Gasteiger partial charge on any atom is 0.182 e. The maximum atomic E-state index is 5.79. The van der Waals surface area contributed by atoms with Gasteiger partial charge in [0.25, 0.3) is 0 Å². The highest BCUT2D eigenvalue weighted by atomic mass is 35.5. The highest BCUT2D eigenvalue weighted by Gasteiger charge is 2.06. The number of halogens is 2. The minimum Gasteiger partial charge on any atom is -0.491 e. The van der Waals surface area contributed by atoms with E-state index in [1.165, 1.54) is 0 Å². The fraction of sp³-hybridized carbons (Fsp3) is 0.333. The lowest BCUT2D eigenvalue weighted by Crippen LogP contribution is -2.35. The number of aromatic nitrogens is 2. The number of ether oxygens (including phenoxy) is 2. The molecule has 0 bridgehead atoms. The van der Waals surface area contributed by atoms with Gasteiger partial charge >= 0.3 is 0 Å². The molecule has 0 aliphatic rings. The molecule has 73 heavy (non-hydrogen) atoms. The maximum absolute atomic E-state index is 5.79. The minimum absolute atomic E-state index is 0.0532. The van der Waals surface area contributed by atoms with E-state index in [1.807, 2.05) is 9.13 Å². The summed E-state index contributed by atoms with van der Waals surface area (Å²) in [7, 11) is 0. The second-order valence-corrected chi connectivity index (χ2v) is 9.25. The van der Waals surface area contributed by atoms with E-state index < -0.39 is 0 Å². The quantitative estimate of drug-likeness (QED) is 0.0265. The molecule has 53 nitrogen and oxygen atoms in total. The van der Waals surface area contributed by atoms with Crippen molar-refractivity contribution in [1.29, 1.82) is 0 Å². The van der Waals surface area contributed by atoms with Gasteiger partial charge in [-0.2, -0.15) is 0 Å². The number of pyridine rings is 2. The van der Waals surface area contributed by atoms with Crippen molar-refractivity contribution in [3.05, 3.63) is 71.6 Å². The normalized spacial score (nSPS) is 11.6. The predicted molar refractivity (Wildman–Crippen MR) is 147 cm³/mol. The van der Waals surface area contributed by atoms with Gasteiger partial charge in [-0.1, -0.05) is 23.2 Å². The topological polar surface area (TPSA) is 478 Å². The molecular weight excluding hydrogens is 1130 g/mol. The smallest absolute Gasteiger partial charge is 0.182 e. The molecule has 2 heterocycles. The zero-order valence-electron chi connectivity index (χ0n) is 33.5. The third-order valence-electron chi connectivity index (χ3n) is 4.55. The molecule has 0 unspecified atom stereocenters. The second kappa shape index (κ2) is 54.5. The molecule has 2 aromatic heterocycles. The lowest BCUT2D eigenvalue weighted by Gasteiger charge is -2.02. The van der Waals surface area contributed by atoms with Crippen molar-refractivity contribution >= 4 is 23.2 Å². The summed E-state index contributed by atoms with van der Waals surface area (Å²) in [5.74, 6) is 0. The summed E-state index contributed by atoms with van der Waals surface area (Å²) in [6.45, 7) is 1.85. The lowest BCUT2D eigenvalue weighted by molar-refractivity contribution is -0.910. The highest BCUT2D eigenvalue weighted by molar-refractivity contribution is 6.30. The van der Waals surface area contributed by atoms with Gasteiger partial charge in [0.05, 0.1) is 16.7 Å². The lowest BCUT2D eigenvalue weighted by atomic mass is 10.5. The molecule has 2 rings (SSSR count). The fourth-order valence-corrected chi connectivity index (χ4v) is 2.66. The van der Waals surface area contributed by atoms with Gasteiger partial charge in [0.15, 0.2) is 44.1 Å². The van der Waals surface area contributed by atoms with Gasteiger partial charge in [0, 0.05) is 221 Å². The van der Waals surface area contributed by atoms with Gasteiger partial charge in [-0.05, 0) is 40.3 Å². The summed E-state index contributed by atoms with van der Waals surface area (Å²) >= 11 is 11.6. The monoisotopic (exact) mass is 1150 g/mol. The molecule has 2 aromatic rings. The molecule has 0 saturated carbocycles. The molecular formula is C18H22Cl2N2O51+2. The number of rotatable bonds is 59. The van der Waals surface area contributed by atoms with Crippen LogP contribution in [0.2, 0.25) is 10.0 Å². The van der Waals surface area contributed by atoms with Crippen LogP contribution in [0.15, 0.2) is 61.6 Å². The Morgan fingerprint density at radius 3 is 0.808 bits per heavy atom. The van der Waals surface area contributed by atoms with Crippen LogP contribution in [0.3, 0.4) is 0 Å². The Kier molecular flexibility index (Phi) is 48.8. The summed E-state index contributed by atoms with van der Waals surface area (Å²) in [4.78, 5) is 8.80. The van der Waals surface area contributed by atoms with Crippen LogP contribution in [0.4, 0.5) is 0 Å². The summed E-state index contributed by atoms with van der Waals surface area (Å²) < 4.78 is 14.0. The van der Waals surface area contributed by atoms with E-state index in [4.69, 9.17) is 32.7 Å². The van der Waals surface area contributed by atoms with Crippen LogP contribution in [0, 0.1) is 0 Å². The van der Waals surface area contributed by atoms with Crippen LogP contribution >= 0.6 is 23.2 Å². The first kappa shape index (κ1) is 65.4. The molecule has 0 aliphatic carbocycles. The zero-order valence-corrected chi connectivity index (χ0v) is 35.0. The highest BCUT2D eigenvalue weighted by Crippen LogP contribution is 2.03. The van der Waals surface area contributed by atoms with E-state index in [0.717, 1.165) is 12.5 Å². The molecule has 55 heteroatoms. The van der Waals surface area contributed by atoms with Crippen LogP contribution < -0.4 is 9.13 Å². The van der Waals surface area contributed by atoms with Gasteiger partial charge in [-0.15, -0.1) is 0 Å². The van der Waals surface area contributed by atoms with Crippen molar-refractivity contribution in [2.45, 2.75) is 13.1 Å². The Labute approximate surface area is 400 Å². The van der Waals surface area contributed by atoms with E-state index in [-0.39, 0.29) is 19.8 Å². The summed E-state index contributed by atoms with van der Waals surface area (Å²) in [5.41, 5.74) is 0. The standard InChI is InChI=1S/C18H22Cl2N2O51/c19-17-1-5-21(6-2-17)9-11-23-13-15-25-27-29-31-33-35-37-39-41-43-45-47-49-51-53-55-57-59-61-63-65-67-69-71-73-72-70-68-66-64-62-60-58-56-54-52-50-48-46-44-42-40-38-36-34-32-30-28-26-16-14-24-12-10-22-7-3-18(20)4-8-22/h1-8,13,15H,9-12,14,16H2/q+2/b15-13+. The van der Waals surface area contributed by atoms with Crippen LogP contribution in [0.5, 0.6) is 0 Å². The van der Waals surface area contributed by atoms with Crippen molar-refractivity contribution in [3.8, 4) is 0 Å². The molecule has 0 fully saturated rings. The average Bonchev–Trinajstić information content (AvgIpc) is 3.40. The van der Waals surface area contributed by atoms with Crippen LogP contribution in [0.25, 0.3) is 0 Å². The van der Waals surface area contributed by atoms with E-state index in [1.54, 1.807) is 49.1 Å². The zero-order chi connectivity index (χ0) is 51.7. The summed E-state index contributed by atoms with van der Waals surface area (Å²) in [6, 6.07) is 6.87. The Morgan fingerprint density at radius 1 is 0.274 bits per heavy atom. The van der Waals surface area contributed by atoms with E-state index >= 15 is 0 Å². The van der Waals surface area contributed by atoms with Gasteiger partial charge < -0.3 is 14.4 Å². The number of hydrogen-bond donors (Lipinski definition) is 0. The molecule has 422 valence electrons. The van der Waals surface area contributed by atoms with Gasteiger partial charge in [-0.25, -0.2) is 14.0 Å². The van der Waals surface area contributed by atoms with Crippen molar-refractivity contribution in [1.82, 2.24) is 0 Å². The number of hydrogen-bond acceptors (Lipinski definition) is 51. The van der Waals surface area contributed by atoms with E-state index in [2.05, 4.69) is 247 Å². The van der Waals surface area contributed by atoms with E-state index in [0.29, 0.717) is 29.7 Å². The molecule has 0 saturated heterocycles. The second-order valence-electron chi connectivity index (χ2n) is 8.38. The molecule has 0 aromatic carbocycles.